The molecule has 0 radical (unpaired) electrons. The Labute approximate surface area is 88.9 Å². The van der Waals surface area contributed by atoms with Crippen LogP contribution in [-0.2, 0) is 0 Å². The van der Waals surface area contributed by atoms with E-state index in [0.29, 0.717) is 0 Å². The second kappa shape index (κ2) is 4.77. The maximum absolute atomic E-state index is 9.00. The summed E-state index contributed by atoms with van der Waals surface area (Å²) in [7, 11) is 0. The van der Waals surface area contributed by atoms with E-state index in [1.807, 2.05) is 16.9 Å². The van der Waals surface area contributed by atoms with Crippen LogP contribution < -0.4 is 0 Å². The van der Waals surface area contributed by atoms with Crippen molar-refractivity contribution in [1.29, 1.82) is 0 Å². The second-order valence-electron chi connectivity index (χ2n) is 3.68. The molecule has 1 N–H and O–H groups in total. The lowest BCUT2D eigenvalue weighted by Gasteiger charge is -2.19. The predicted octanol–water partition coefficient (Wildman–Crippen LogP) is 2.38. The Morgan fingerprint density at radius 3 is 3.00 bits per heavy atom. The summed E-state index contributed by atoms with van der Waals surface area (Å²) >= 11 is 0. The van der Waals surface area contributed by atoms with Crippen molar-refractivity contribution in [1.82, 2.24) is 9.78 Å². The van der Waals surface area contributed by atoms with Crippen molar-refractivity contribution in [3.05, 3.63) is 30.6 Å². The SMILES string of the molecule is O/N=C1\CC/C=C\CCC1n1cccn1. The average Bonchev–Trinajstić information content (AvgIpc) is 2.71. The molecule has 4 nitrogen and oxygen atoms in total. The lowest BCUT2D eigenvalue weighted by molar-refractivity contribution is 0.310. The Morgan fingerprint density at radius 2 is 2.27 bits per heavy atom. The van der Waals surface area contributed by atoms with Gasteiger partial charge in [0, 0.05) is 12.4 Å². The van der Waals surface area contributed by atoms with E-state index in [0.717, 1.165) is 31.4 Å². The molecule has 80 valence electrons. The molecule has 1 unspecified atom stereocenters. The lowest BCUT2D eigenvalue weighted by atomic mass is 9.99. The molecule has 0 aliphatic heterocycles. The quantitative estimate of drug-likeness (QED) is 0.434. The van der Waals surface area contributed by atoms with Crippen molar-refractivity contribution in [2.75, 3.05) is 0 Å². The van der Waals surface area contributed by atoms with Crippen molar-refractivity contribution in [3.8, 4) is 0 Å². The third-order valence-corrected chi connectivity index (χ3v) is 2.70. The van der Waals surface area contributed by atoms with Crippen LogP contribution in [0, 0.1) is 0 Å². The summed E-state index contributed by atoms with van der Waals surface area (Å²) in [5.74, 6) is 0. The highest BCUT2D eigenvalue weighted by Gasteiger charge is 2.18. The van der Waals surface area contributed by atoms with Gasteiger partial charge in [-0.2, -0.15) is 5.10 Å². The minimum absolute atomic E-state index is 0.106. The summed E-state index contributed by atoms with van der Waals surface area (Å²) < 4.78 is 1.87. The van der Waals surface area contributed by atoms with Gasteiger partial charge in [0.1, 0.15) is 0 Å². The van der Waals surface area contributed by atoms with Gasteiger partial charge < -0.3 is 5.21 Å². The Balaban J connectivity index is 2.22. The fraction of sp³-hybridized carbons (Fsp3) is 0.455. The van der Waals surface area contributed by atoms with Gasteiger partial charge in [0.15, 0.2) is 0 Å². The van der Waals surface area contributed by atoms with Crippen LogP contribution in [0.4, 0.5) is 0 Å². The molecule has 1 aliphatic carbocycles. The van der Waals surface area contributed by atoms with Crippen molar-refractivity contribution in [2.45, 2.75) is 31.7 Å². The third-order valence-electron chi connectivity index (χ3n) is 2.70. The van der Waals surface area contributed by atoms with Gasteiger partial charge in [0.05, 0.1) is 11.8 Å². The van der Waals surface area contributed by atoms with Crippen molar-refractivity contribution in [3.63, 3.8) is 0 Å². The zero-order valence-electron chi connectivity index (χ0n) is 8.58. The van der Waals surface area contributed by atoms with Gasteiger partial charge in [-0.15, -0.1) is 0 Å². The first kappa shape index (κ1) is 9.96. The van der Waals surface area contributed by atoms with E-state index < -0.39 is 0 Å². The topological polar surface area (TPSA) is 50.4 Å². The molecule has 0 saturated carbocycles. The summed E-state index contributed by atoms with van der Waals surface area (Å²) in [5, 5.41) is 16.6. The molecule has 4 heteroatoms. The second-order valence-corrected chi connectivity index (χ2v) is 3.68. The molecule has 0 spiro atoms. The number of aromatic nitrogens is 2. The summed E-state index contributed by atoms with van der Waals surface area (Å²) in [6, 6.07) is 2.00. The van der Waals surface area contributed by atoms with Crippen molar-refractivity contribution < 1.29 is 5.21 Å². The summed E-state index contributed by atoms with van der Waals surface area (Å²) in [6.45, 7) is 0. The first-order valence-electron chi connectivity index (χ1n) is 5.27. The first-order valence-corrected chi connectivity index (χ1v) is 5.27. The Kier molecular flexibility index (Phi) is 3.17. The fourth-order valence-electron chi connectivity index (χ4n) is 1.92. The molecule has 1 aromatic heterocycles. The molecule has 0 saturated heterocycles. The highest BCUT2D eigenvalue weighted by molar-refractivity contribution is 5.87. The van der Waals surface area contributed by atoms with Gasteiger partial charge in [-0.1, -0.05) is 17.3 Å². The normalized spacial score (nSPS) is 27.2. The van der Waals surface area contributed by atoms with Crippen LogP contribution in [0.15, 0.2) is 35.8 Å². The first-order chi connectivity index (χ1) is 7.42. The van der Waals surface area contributed by atoms with E-state index in [-0.39, 0.29) is 6.04 Å². The van der Waals surface area contributed by atoms with E-state index in [9.17, 15) is 0 Å². The zero-order valence-corrected chi connectivity index (χ0v) is 8.58. The van der Waals surface area contributed by atoms with Crippen LogP contribution in [-0.4, -0.2) is 20.7 Å². The Hall–Kier alpha value is -1.58. The predicted molar refractivity (Wildman–Crippen MR) is 58.1 cm³/mol. The molecule has 0 amide bonds. The van der Waals surface area contributed by atoms with Gasteiger partial charge in [0.2, 0.25) is 0 Å². The smallest absolute Gasteiger partial charge is 0.0936 e. The number of allylic oxidation sites excluding steroid dienone is 2. The number of oxime groups is 1. The van der Waals surface area contributed by atoms with E-state index >= 15 is 0 Å². The molecule has 0 aromatic carbocycles. The zero-order chi connectivity index (χ0) is 10.5. The maximum Gasteiger partial charge on any atom is 0.0936 e. The molecule has 0 fully saturated rings. The molecule has 15 heavy (non-hydrogen) atoms. The van der Waals surface area contributed by atoms with Crippen molar-refractivity contribution in [2.24, 2.45) is 5.16 Å². The molecule has 0 bridgehead atoms. The largest absolute Gasteiger partial charge is 0.411 e. The van der Waals surface area contributed by atoms with Gasteiger partial charge in [-0.25, -0.2) is 0 Å². The number of hydrogen-bond donors (Lipinski definition) is 1. The minimum Gasteiger partial charge on any atom is -0.411 e. The highest BCUT2D eigenvalue weighted by atomic mass is 16.4. The summed E-state index contributed by atoms with van der Waals surface area (Å²) in [5.41, 5.74) is 0.822. The van der Waals surface area contributed by atoms with E-state index in [4.69, 9.17) is 5.21 Å². The van der Waals surface area contributed by atoms with Crippen LogP contribution in [0.1, 0.15) is 31.7 Å². The van der Waals surface area contributed by atoms with E-state index in [2.05, 4.69) is 22.4 Å². The van der Waals surface area contributed by atoms with Crippen molar-refractivity contribution >= 4 is 5.71 Å². The van der Waals surface area contributed by atoms with Gasteiger partial charge >= 0.3 is 0 Å². The molecule has 1 heterocycles. The Morgan fingerprint density at radius 1 is 1.40 bits per heavy atom. The van der Waals surface area contributed by atoms with Gasteiger partial charge in [-0.3, -0.25) is 4.68 Å². The number of hydrogen-bond acceptors (Lipinski definition) is 3. The molecule has 1 atom stereocenters. The van der Waals surface area contributed by atoms with Gasteiger partial charge in [0.25, 0.3) is 0 Å². The molecule has 1 aromatic rings. The third kappa shape index (κ3) is 2.26. The highest BCUT2D eigenvalue weighted by Crippen LogP contribution is 2.20. The van der Waals surface area contributed by atoms with Crippen LogP contribution >= 0.6 is 0 Å². The molecular weight excluding hydrogens is 190 g/mol. The average molecular weight is 205 g/mol. The van der Waals surface area contributed by atoms with Crippen LogP contribution in [0.3, 0.4) is 0 Å². The van der Waals surface area contributed by atoms with Crippen LogP contribution in [0.5, 0.6) is 0 Å². The minimum atomic E-state index is 0.106. The molecule has 1 aliphatic rings. The summed E-state index contributed by atoms with van der Waals surface area (Å²) in [4.78, 5) is 0. The molecular formula is C11H15N3O. The monoisotopic (exact) mass is 205 g/mol. The van der Waals surface area contributed by atoms with E-state index in [1.165, 1.54) is 0 Å². The fourth-order valence-corrected chi connectivity index (χ4v) is 1.92. The Bertz CT molecular complexity index is 354. The van der Waals surface area contributed by atoms with Crippen LogP contribution in [0.2, 0.25) is 0 Å². The molecule has 2 rings (SSSR count). The van der Waals surface area contributed by atoms with Crippen LogP contribution in [0.25, 0.3) is 0 Å². The van der Waals surface area contributed by atoms with E-state index in [1.54, 1.807) is 6.20 Å². The van der Waals surface area contributed by atoms with Gasteiger partial charge in [-0.05, 0) is 31.7 Å². The number of rotatable bonds is 1. The standard InChI is InChI=1S/C11H15N3O/c15-13-10-6-3-1-2-4-7-11(10)14-9-5-8-12-14/h1-2,5,8-9,11,15H,3-4,6-7H2/b2-1-,13-10+. The maximum atomic E-state index is 9.00. The lowest BCUT2D eigenvalue weighted by Crippen LogP contribution is -2.21. The summed E-state index contributed by atoms with van der Waals surface area (Å²) in [6.07, 6.45) is 11.7. The number of nitrogens with zero attached hydrogens (tertiary/aromatic N) is 3.